The number of carbonyl (C=O) groups excluding carboxylic acids is 1. The van der Waals surface area contributed by atoms with Gasteiger partial charge in [-0.15, -0.1) is 0 Å². The summed E-state index contributed by atoms with van der Waals surface area (Å²) in [5.74, 6) is 0.237. The number of amides is 1. The minimum absolute atomic E-state index is 0.0674. The molecule has 1 saturated carbocycles. The molecule has 1 aliphatic heterocycles. The van der Waals surface area contributed by atoms with E-state index in [4.69, 9.17) is 0 Å². The van der Waals surface area contributed by atoms with Crippen LogP contribution in [-0.4, -0.2) is 44.7 Å². The van der Waals surface area contributed by atoms with E-state index >= 15 is 0 Å². The summed E-state index contributed by atoms with van der Waals surface area (Å²) in [4.78, 5) is 25.4. The lowest BCUT2D eigenvalue weighted by atomic mass is 10.0. The quantitative estimate of drug-likeness (QED) is 0.606. The van der Waals surface area contributed by atoms with Crippen LogP contribution < -0.4 is 10.2 Å². The van der Waals surface area contributed by atoms with E-state index in [1.54, 1.807) is 12.1 Å². The molecule has 1 aromatic rings. The Morgan fingerprint density at radius 1 is 1.38 bits per heavy atom. The smallest absolute Gasteiger partial charge is 0.293 e. The number of nitrogens with zero attached hydrogens (tertiary/aromatic N) is 2. The third-order valence-electron chi connectivity index (χ3n) is 5.48. The van der Waals surface area contributed by atoms with E-state index in [-0.39, 0.29) is 22.4 Å². The molecular weight excluding hydrogens is 354 g/mol. The van der Waals surface area contributed by atoms with Crippen molar-refractivity contribution in [3.05, 3.63) is 33.9 Å². The molecule has 1 saturated heterocycles. The van der Waals surface area contributed by atoms with Gasteiger partial charge in [-0.2, -0.15) is 0 Å². The van der Waals surface area contributed by atoms with Gasteiger partial charge < -0.3 is 10.2 Å². The van der Waals surface area contributed by atoms with Crippen molar-refractivity contribution >= 4 is 28.1 Å². The highest BCUT2D eigenvalue weighted by Crippen LogP contribution is 2.36. The van der Waals surface area contributed by atoms with Crippen molar-refractivity contribution in [2.45, 2.75) is 50.3 Å². The van der Waals surface area contributed by atoms with Crippen LogP contribution in [-0.2, 0) is 10.8 Å². The Labute approximate surface area is 155 Å². The van der Waals surface area contributed by atoms with Crippen molar-refractivity contribution in [3.8, 4) is 0 Å². The minimum atomic E-state index is -0.936. The molecule has 0 spiro atoms. The van der Waals surface area contributed by atoms with E-state index in [2.05, 4.69) is 5.32 Å². The third-order valence-corrected chi connectivity index (χ3v) is 7.71. The second-order valence-corrected chi connectivity index (χ2v) is 9.03. The first-order valence-electron chi connectivity index (χ1n) is 9.13. The zero-order valence-corrected chi connectivity index (χ0v) is 16.0. The van der Waals surface area contributed by atoms with Gasteiger partial charge >= 0.3 is 0 Å². The van der Waals surface area contributed by atoms with Crippen LogP contribution in [0.25, 0.3) is 0 Å². The normalized spacial score (nSPS) is 22.1. The summed E-state index contributed by atoms with van der Waals surface area (Å²) in [5, 5.41) is 14.5. The van der Waals surface area contributed by atoms with Gasteiger partial charge in [0.2, 0.25) is 0 Å². The monoisotopic (exact) mass is 379 g/mol. The lowest BCUT2D eigenvalue weighted by Gasteiger charge is -2.42. The SMILES string of the molecule is CCC1(CC)CN(c2ccc(C(=O)NC3CC3)cc2[N+](=O)[O-])CCS1=O. The van der Waals surface area contributed by atoms with E-state index in [0.717, 1.165) is 25.7 Å². The molecule has 1 N–H and O–H groups in total. The topological polar surface area (TPSA) is 92.6 Å². The summed E-state index contributed by atoms with van der Waals surface area (Å²) in [5.41, 5.74) is 0.744. The predicted molar refractivity (Wildman–Crippen MR) is 102 cm³/mol. The number of nitrogens with one attached hydrogen (secondary N) is 1. The Balaban J connectivity index is 1.90. The molecule has 26 heavy (non-hydrogen) atoms. The highest BCUT2D eigenvalue weighted by atomic mass is 32.2. The van der Waals surface area contributed by atoms with Gasteiger partial charge in [-0.3, -0.25) is 19.1 Å². The molecule has 142 valence electrons. The van der Waals surface area contributed by atoms with Crippen LogP contribution in [0.4, 0.5) is 11.4 Å². The average molecular weight is 379 g/mol. The fourth-order valence-electron chi connectivity index (χ4n) is 3.48. The maximum atomic E-state index is 12.5. The number of hydrogen-bond acceptors (Lipinski definition) is 5. The van der Waals surface area contributed by atoms with E-state index < -0.39 is 15.7 Å². The Morgan fingerprint density at radius 3 is 2.65 bits per heavy atom. The molecule has 0 aromatic heterocycles. The number of hydrogen-bond donors (Lipinski definition) is 1. The Kier molecular flexibility index (Phi) is 5.32. The van der Waals surface area contributed by atoms with Gasteiger partial charge in [-0.05, 0) is 37.8 Å². The third kappa shape index (κ3) is 3.60. The van der Waals surface area contributed by atoms with Gasteiger partial charge in [-0.1, -0.05) is 13.8 Å². The lowest BCUT2D eigenvalue weighted by Crippen LogP contribution is -2.53. The number of nitro benzene ring substituents is 1. The lowest BCUT2D eigenvalue weighted by molar-refractivity contribution is -0.384. The van der Waals surface area contributed by atoms with Crippen LogP contribution >= 0.6 is 0 Å². The zero-order valence-electron chi connectivity index (χ0n) is 15.2. The second-order valence-electron chi connectivity index (χ2n) is 7.07. The number of carbonyl (C=O) groups is 1. The van der Waals surface area contributed by atoms with Gasteiger partial charge in [0.1, 0.15) is 5.69 Å². The summed E-state index contributed by atoms with van der Waals surface area (Å²) in [6.07, 6.45) is 3.46. The first kappa shape index (κ1) is 18.8. The average Bonchev–Trinajstić information content (AvgIpc) is 3.46. The summed E-state index contributed by atoms with van der Waals surface area (Å²) >= 11 is 0. The summed E-state index contributed by atoms with van der Waals surface area (Å²) in [6, 6.07) is 4.86. The molecule has 0 radical (unpaired) electrons. The first-order chi connectivity index (χ1) is 12.4. The molecule has 1 atom stereocenters. The number of nitro groups is 1. The summed E-state index contributed by atoms with van der Waals surface area (Å²) in [7, 11) is -0.936. The molecule has 2 aliphatic rings. The van der Waals surface area contributed by atoms with Crippen molar-refractivity contribution < 1.29 is 13.9 Å². The van der Waals surface area contributed by atoms with E-state index in [1.807, 2.05) is 18.7 Å². The van der Waals surface area contributed by atoms with Crippen molar-refractivity contribution in [3.63, 3.8) is 0 Å². The Hall–Kier alpha value is -1.96. The van der Waals surface area contributed by atoms with Gasteiger partial charge in [0.15, 0.2) is 0 Å². The molecule has 1 aliphatic carbocycles. The molecule has 1 amide bonds. The van der Waals surface area contributed by atoms with E-state index in [1.165, 1.54) is 6.07 Å². The molecule has 0 bridgehead atoms. The Bertz CT molecular complexity index is 744. The largest absolute Gasteiger partial charge is 0.364 e. The maximum Gasteiger partial charge on any atom is 0.293 e. The fourth-order valence-corrected chi connectivity index (χ4v) is 5.25. The van der Waals surface area contributed by atoms with Crippen LogP contribution in [0, 0.1) is 10.1 Å². The molecule has 2 fully saturated rings. The van der Waals surface area contributed by atoms with Crippen LogP contribution in [0.2, 0.25) is 0 Å². The highest BCUT2D eigenvalue weighted by Gasteiger charge is 2.40. The van der Waals surface area contributed by atoms with E-state index in [9.17, 15) is 19.1 Å². The second kappa shape index (κ2) is 7.34. The number of anilines is 1. The van der Waals surface area contributed by atoms with Crippen LogP contribution in [0.15, 0.2) is 18.2 Å². The van der Waals surface area contributed by atoms with Crippen molar-refractivity contribution in [1.29, 1.82) is 0 Å². The number of benzene rings is 1. The molecule has 1 aromatic carbocycles. The van der Waals surface area contributed by atoms with Gasteiger partial charge in [-0.25, -0.2) is 0 Å². The molecule has 8 heteroatoms. The highest BCUT2D eigenvalue weighted by molar-refractivity contribution is 7.86. The van der Waals surface area contributed by atoms with Gasteiger partial charge in [0.25, 0.3) is 11.6 Å². The maximum absolute atomic E-state index is 12.5. The molecule has 7 nitrogen and oxygen atoms in total. The molecule has 3 rings (SSSR count). The minimum Gasteiger partial charge on any atom is -0.364 e. The Morgan fingerprint density at radius 2 is 2.08 bits per heavy atom. The van der Waals surface area contributed by atoms with Crippen molar-refractivity contribution in [1.82, 2.24) is 5.32 Å². The molecule has 1 heterocycles. The fraction of sp³-hybridized carbons (Fsp3) is 0.611. The zero-order chi connectivity index (χ0) is 18.9. The molecule has 1 unspecified atom stereocenters. The molecular formula is C18H25N3O4S. The predicted octanol–water partition coefficient (Wildman–Crippen LogP) is 2.61. The summed E-state index contributed by atoms with van der Waals surface area (Å²) < 4.78 is 12.2. The van der Waals surface area contributed by atoms with Crippen LogP contribution in [0.3, 0.4) is 0 Å². The first-order valence-corrected chi connectivity index (χ1v) is 10.4. The standard InChI is InChI=1S/C18H25N3O4S/c1-3-18(4-2)12-20(9-10-26(18)25)15-8-5-13(11-16(15)21(23)24)17(22)19-14-6-7-14/h5,8,11,14H,3-4,6-7,9-10,12H2,1-2H3,(H,19,22). The van der Waals surface area contributed by atoms with Crippen LogP contribution in [0.5, 0.6) is 0 Å². The van der Waals surface area contributed by atoms with Crippen LogP contribution in [0.1, 0.15) is 49.9 Å². The summed E-state index contributed by atoms with van der Waals surface area (Å²) in [6.45, 7) is 5.08. The van der Waals surface area contributed by atoms with Crippen molar-refractivity contribution in [2.75, 3.05) is 23.7 Å². The van der Waals surface area contributed by atoms with Gasteiger partial charge in [0, 0.05) is 47.3 Å². The van der Waals surface area contributed by atoms with Gasteiger partial charge in [0.05, 0.1) is 9.67 Å². The number of rotatable bonds is 6. The van der Waals surface area contributed by atoms with E-state index in [0.29, 0.717) is 30.1 Å². The van der Waals surface area contributed by atoms with Crippen molar-refractivity contribution in [2.24, 2.45) is 0 Å².